The molecule has 3 rings (SSSR count). The van der Waals surface area contributed by atoms with Gasteiger partial charge in [0, 0.05) is 34.0 Å². The number of cyclic esters (lactones) is 1. The van der Waals surface area contributed by atoms with E-state index >= 15 is 4.79 Å². The van der Waals surface area contributed by atoms with Gasteiger partial charge in [-0.2, -0.15) is 5.26 Å². The lowest BCUT2D eigenvalue weighted by atomic mass is 9.84. The number of amides is 6. The van der Waals surface area contributed by atoms with Crippen molar-refractivity contribution in [2.24, 2.45) is 29.6 Å². The number of rotatable bonds is 15. The lowest BCUT2D eigenvalue weighted by Gasteiger charge is -2.37. The standard InChI is InChI=1S/C49H83N7O8/c1-11-12-19-33(6)28-38-46(60)54(8)34(7)49(63)64-42(24-18-25-50)45(59)53-37(26-31(2)3)47(61)55(9)40(27-32(4)5)43(57)52-39(29-35-22-16-17-23-35)48(62)56(10)41(44(58)51-38)30-36-20-14-13-15-21-36/h31-42H,11-24,26-30H2,1-10H3,(H,51,58)(H,52,57)(H,53,59)/t33-,34+,37+,38+,39+,40+,41+,42-/m1/s1. The van der Waals surface area contributed by atoms with Crippen LogP contribution in [0.2, 0.25) is 0 Å². The maximum atomic E-state index is 15.0. The van der Waals surface area contributed by atoms with E-state index in [1.54, 1.807) is 7.05 Å². The zero-order valence-electron chi connectivity index (χ0n) is 40.9. The van der Waals surface area contributed by atoms with Gasteiger partial charge in [0.05, 0.1) is 6.07 Å². The Labute approximate surface area is 384 Å². The zero-order valence-corrected chi connectivity index (χ0v) is 40.9. The van der Waals surface area contributed by atoms with E-state index in [1.165, 1.54) is 35.7 Å². The Balaban J connectivity index is 2.23. The molecule has 3 N–H and O–H groups in total. The van der Waals surface area contributed by atoms with E-state index in [4.69, 9.17) is 4.74 Å². The van der Waals surface area contributed by atoms with Gasteiger partial charge >= 0.3 is 5.97 Å². The first kappa shape index (κ1) is 54.1. The number of unbranched alkanes of at least 4 members (excludes halogenated alkanes) is 1. The van der Waals surface area contributed by atoms with Gasteiger partial charge in [-0.15, -0.1) is 0 Å². The third kappa shape index (κ3) is 16.3. The van der Waals surface area contributed by atoms with Crippen molar-refractivity contribution in [1.29, 1.82) is 5.26 Å². The molecule has 0 aromatic heterocycles. The van der Waals surface area contributed by atoms with Crippen molar-refractivity contribution in [2.45, 2.75) is 213 Å². The fourth-order valence-electron chi connectivity index (χ4n) is 9.73. The highest BCUT2D eigenvalue weighted by Gasteiger charge is 2.41. The number of nitrogens with zero attached hydrogens (tertiary/aromatic N) is 4. The van der Waals surface area contributed by atoms with Crippen molar-refractivity contribution < 1.29 is 38.3 Å². The summed E-state index contributed by atoms with van der Waals surface area (Å²) in [5, 5.41) is 18.4. The summed E-state index contributed by atoms with van der Waals surface area (Å²) in [6, 6.07) is -4.31. The van der Waals surface area contributed by atoms with Crippen LogP contribution in [0.3, 0.4) is 0 Å². The molecule has 15 nitrogen and oxygen atoms in total. The lowest BCUT2D eigenvalue weighted by molar-refractivity contribution is -0.163. The molecule has 1 saturated heterocycles. The predicted molar refractivity (Wildman–Crippen MR) is 246 cm³/mol. The number of likely N-dealkylation sites (N-methyl/N-ethyl adjacent to an activating group) is 3. The molecule has 2 aliphatic carbocycles. The van der Waals surface area contributed by atoms with Gasteiger partial charge in [-0.25, -0.2) is 4.79 Å². The Morgan fingerprint density at radius 2 is 1.12 bits per heavy atom. The summed E-state index contributed by atoms with van der Waals surface area (Å²) in [6.07, 6.45) is 11.3. The van der Waals surface area contributed by atoms with Crippen LogP contribution in [0.25, 0.3) is 0 Å². The molecule has 362 valence electrons. The zero-order chi connectivity index (χ0) is 47.7. The lowest BCUT2D eigenvalue weighted by Crippen LogP contribution is -2.60. The highest BCUT2D eigenvalue weighted by Crippen LogP contribution is 2.32. The van der Waals surface area contributed by atoms with Crippen LogP contribution >= 0.6 is 0 Å². The minimum Gasteiger partial charge on any atom is -0.451 e. The van der Waals surface area contributed by atoms with E-state index in [2.05, 4.69) is 22.9 Å². The van der Waals surface area contributed by atoms with Gasteiger partial charge in [-0.05, 0) is 68.6 Å². The summed E-state index contributed by atoms with van der Waals surface area (Å²) in [5.74, 6) is -3.85. The average Bonchev–Trinajstić information content (AvgIpc) is 3.78. The van der Waals surface area contributed by atoms with Gasteiger partial charge in [-0.3, -0.25) is 28.8 Å². The van der Waals surface area contributed by atoms with Gasteiger partial charge < -0.3 is 35.4 Å². The van der Waals surface area contributed by atoms with Crippen molar-refractivity contribution in [1.82, 2.24) is 30.7 Å². The number of hydrogen-bond acceptors (Lipinski definition) is 9. The van der Waals surface area contributed by atoms with E-state index in [9.17, 15) is 34.0 Å². The third-order valence-electron chi connectivity index (χ3n) is 13.8. The molecule has 0 aromatic carbocycles. The Morgan fingerprint density at radius 3 is 1.70 bits per heavy atom. The molecule has 1 aliphatic heterocycles. The molecule has 6 amide bonds. The molecule has 15 heteroatoms. The summed E-state index contributed by atoms with van der Waals surface area (Å²) in [7, 11) is 4.60. The second kappa shape index (κ2) is 26.7. The van der Waals surface area contributed by atoms with Crippen LogP contribution in [-0.4, -0.2) is 120 Å². The highest BCUT2D eigenvalue weighted by molar-refractivity contribution is 5.97. The number of hydrogen-bond donors (Lipinski definition) is 3. The first-order valence-corrected chi connectivity index (χ1v) is 24.6. The number of carbonyl (C=O) groups excluding carboxylic acids is 7. The minimum atomic E-state index is -1.46. The molecule has 3 aliphatic rings. The largest absolute Gasteiger partial charge is 0.451 e. The molecule has 0 bridgehead atoms. The van der Waals surface area contributed by atoms with Gasteiger partial charge in [0.2, 0.25) is 29.5 Å². The van der Waals surface area contributed by atoms with E-state index in [0.717, 1.165) is 77.0 Å². The molecule has 2 saturated carbocycles. The number of ether oxygens (including phenoxy) is 1. The Kier molecular flexibility index (Phi) is 22.6. The second-order valence-electron chi connectivity index (χ2n) is 20.2. The maximum absolute atomic E-state index is 15.0. The van der Waals surface area contributed by atoms with Crippen LogP contribution in [0.5, 0.6) is 0 Å². The molecule has 1 heterocycles. The smallest absolute Gasteiger partial charge is 0.329 e. The van der Waals surface area contributed by atoms with E-state index in [-0.39, 0.29) is 61.7 Å². The molecular formula is C49H83N7O8. The molecule has 8 atom stereocenters. The van der Waals surface area contributed by atoms with Crippen molar-refractivity contribution in [3.8, 4) is 6.07 Å². The molecule has 3 fully saturated rings. The summed E-state index contributed by atoms with van der Waals surface area (Å²) in [6.45, 7) is 13.3. The summed E-state index contributed by atoms with van der Waals surface area (Å²) >= 11 is 0. The monoisotopic (exact) mass is 898 g/mol. The van der Waals surface area contributed by atoms with Crippen LogP contribution in [-0.2, 0) is 38.3 Å². The molecule has 64 heavy (non-hydrogen) atoms. The summed E-state index contributed by atoms with van der Waals surface area (Å²) < 4.78 is 5.77. The van der Waals surface area contributed by atoms with Crippen LogP contribution in [0.1, 0.15) is 170 Å². The van der Waals surface area contributed by atoms with E-state index in [1.807, 2.05) is 40.7 Å². The minimum absolute atomic E-state index is 0.0268. The molecule has 0 unspecified atom stereocenters. The first-order valence-electron chi connectivity index (χ1n) is 24.6. The summed E-state index contributed by atoms with van der Waals surface area (Å²) in [4.78, 5) is 106. The van der Waals surface area contributed by atoms with Gasteiger partial charge in [0.15, 0.2) is 6.10 Å². The van der Waals surface area contributed by atoms with Crippen molar-refractivity contribution in [3.63, 3.8) is 0 Å². The Bertz CT molecular complexity index is 1600. The number of nitrogens with one attached hydrogen (secondary N) is 3. The quantitative estimate of drug-likeness (QED) is 0.164. The third-order valence-corrected chi connectivity index (χ3v) is 13.8. The van der Waals surface area contributed by atoms with Crippen LogP contribution in [0, 0.1) is 40.9 Å². The van der Waals surface area contributed by atoms with Gasteiger partial charge in [0.25, 0.3) is 5.91 Å². The maximum Gasteiger partial charge on any atom is 0.329 e. The average molecular weight is 898 g/mol. The van der Waals surface area contributed by atoms with Gasteiger partial charge in [0.1, 0.15) is 36.3 Å². The molecule has 0 radical (unpaired) electrons. The normalized spacial score (nSPS) is 27.8. The fourth-order valence-corrected chi connectivity index (χ4v) is 9.73. The predicted octanol–water partition coefficient (Wildman–Crippen LogP) is 6.03. The summed E-state index contributed by atoms with van der Waals surface area (Å²) in [5.41, 5.74) is 0. The number of carbonyl (C=O) groups is 7. The molecule has 0 spiro atoms. The van der Waals surface area contributed by atoms with Crippen molar-refractivity contribution >= 4 is 41.4 Å². The molecular weight excluding hydrogens is 815 g/mol. The van der Waals surface area contributed by atoms with Crippen LogP contribution in [0.15, 0.2) is 0 Å². The second-order valence-corrected chi connectivity index (χ2v) is 20.2. The van der Waals surface area contributed by atoms with Gasteiger partial charge in [-0.1, -0.05) is 119 Å². The fraction of sp³-hybridized carbons (Fsp3) is 0.837. The number of nitriles is 1. The SMILES string of the molecule is CCCC[C@@H](C)C[C@@H]1NC(=O)[C@H](CC2CCCCC2)N(C)C(=O)[C@H](CC2CCCC2)NC(=O)[C@H](CC(C)C)N(C)C(=O)[C@H](CC(C)C)NC(=O)[C@@H](CCC#N)OC(=O)[C@H](C)N(C)C1=O. The van der Waals surface area contributed by atoms with Crippen molar-refractivity contribution in [3.05, 3.63) is 0 Å². The van der Waals surface area contributed by atoms with Crippen molar-refractivity contribution in [2.75, 3.05) is 21.1 Å². The van der Waals surface area contributed by atoms with E-state index in [0.29, 0.717) is 12.8 Å². The highest BCUT2D eigenvalue weighted by atomic mass is 16.5. The van der Waals surface area contributed by atoms with E-state index < -0.39 is 83.8 Å². The topological polar surface area (TPSA) is 198 Å². The van der Waals surface area contributed by atoms with Crippen LogP contribution in [0.4, 0.5) is 0 Å². The van der Waals surface area contributed by atoms with Crippen LogP contribution < -0.4 is 16.0 Å². The Morgan fingerprint density at radius 1 is 0.641 bits per heavy atom. The first-order chi connectivity index (χ1) is 30.3. The number of esters is 1. The Hall–Kier alpha value is -4.22. The molecule has 0 aromatic rings.